The first-order valence-corrected chi connectivity index (χ1v) is 9.34. The number of aryl methyl sites for hydroxylation is 3. The van der Waals surface area contributed by atoms with Gasteiger partial charge in [-0.25, -0.2) is 0 Å². The number of para-hydroxylation sites is 1. The van der Waals surface area contributed by atoms with Gasteiger partial charge < -0.3 is 4.98 Å². The number of nitrogens with one attached hydrogen (secondary N) is 1. The largest absolute Gasteiger partial charge is 0.354 e. The Morgan fingerprint density at radius 2 is 1.60 bits per heavy atom. The van der Waals surface area contributed by atoms with Crippen LogP contribution in [0.25, 0.3) is 32.9 Å². The van der Waals surface area contributed by atoms with Gasteiger partial charge >= 0.3 is 0 Å². The van der Waals surface area contributed by atoms with E-state index in [4.69, 9.17) is 0 Å². The summed E-state index contributed by atoms with van der Waals surface area (Å²) in [5.74, 6) is 0. The highest BCUT2D eigenvalue weighted by atomic mass is 14.7. The summed E-state index contributed by atoms with van der Waals surface area (Å²) in [5, 5.41) is 2.65. The molecule has 1 heterocycles. The summed E-state index contributed by atoms with van der Waals surface area (Å²) in [7, 11) is 0. The lowest BCUT2D eigenvalue weighted by atomic mass is 9.96. The number of H-pyrrole nitrogens is 1. The molecule has 1 heteroatoms. The molecule has 0 saturated heterocycles. The lowest BCUT2D eigenvalue weighted by Crippen LogP contribution is -1.89. The molecule has 1 nitrogen and oxygen atoms in total. The molecule has 0 atom stereocenters. The van der Waals surface area contributed by atoms with Gasteiger partial charge in [0.05, 0.1) is 0 Å². The van der Waals surface area contributed by atoms with E-state index >= 15 is 0 Å². The third kappa shape index (κ3) is 2.74. The Balaban J connectivity index is 1.89. The molecule has 0 fully saturated rings. The van der Waals surface area contributed by atoms with Gasteiger partial charge in [0.15, 0.2) is 0 Å². The van der Waals surface area contributed by atoms with E-state index < -0.39 is 0 Å². The third-order valence-corrected chi connectivity index (χ3v) is 5.30. The molecule has 4 rings (SSSR count). The molecular formula is C24H25N. The van der Waals surface area contributed by atoms with Crippen LogP contribution in [0.4, 0.5) is 0 Å². The van der Waals surface area contributed by atoms with Gasteiger partial charge in [0, 0.05) is 21.8 Å². The first-order chi connectivity index (χ1) is 12.2. The van der Waals surface area contributed by atoms with Crippen molar-refractivity contribution >= 4 is 21.8 Å². The van der Waals surface area contributed by atoms with Gasteiger partial charge in [-0.2, -0.15) is 0 Å². The normalized spacial score (nSPS) is 11.5. The fourth-order valence-corrected chi connectivity index (χ4v) is 3.85. The van der Waals surface area contributed by atoms with Gasteiger partial charge in [-0.05, 0) is 59.7 Å². The maximum absolute atomic E-state index is 3.62. The second-order valence-corrected chi connectivity index (χ2v) is 6.97. The maximum Gasteiger partial charge on any atom is 0.0497 e. The van der Waals surface area contributed by atoms with Crippen LogP contribution in [-0.4, -0.2) is 4.98 Å². The Kier molecular flexibility index (Phi) is 4.09. The standard InChI is InChI=1S/C24H25N/c1-4-7-18-14-19(11-10-16(18)3)20-12-13-23-22(15-20)21-9-6-8-17(5-2)24(21)25-23/h6,8-15,25H,4-5,7H2,1-3H3. The average Bonchev–Trinajstić information content (AvgIpc) is 3.01. The van der Waals surface area contributed by atoms with Crippen LogP contribution in [0.15, 0.2) is 54.6 Å². The molecule has 0 spiro atoms. The van der Waals surface area contributed by atoms with Crippen LogP contribution in [0.5, 0.6) is 0 Å². The lowest BCUT2D eigenvalue weighted by molar-refractivity contribution is 0.913. The summed E-state index contributed by atoms with van der Waals surface area (Å²) in [5.41, 5.74) is 9.37. The van der Waals surface area contributed by atoms with Crippen LogP contribution in [0.2, 0.25) is 0 Å². The number of hydrogen-bond donors (Lipinski definition) is 1. The van der Waals surface area contributed by atoms with Crippen LogP contribution < -0.4 is 0 Å². The maximum atomic E-state index is 3.62. The van der Waals surface area contributed by atoms with E-state index in [1.807, 2.05) is 0 Å². The molecule has 0 unspecified atom stereocenters. The summed E-state index contributed by atoms with van der Waals surface area (Å²) < 4.78 is 0. The summed E-state index contributed by atoms with van der Waals surface area (Å²) in [6.07, 6.45) is 3.38. The molecule has 0 aliphatic carbocycles. The Labute approximate surface area is 149 Å². The van der Waals surface area contributed by atoms with Crippen LogP contribution >= 0.6 is 0 Å². The molecule has 1 aromatic heterocycles. The van der Waals surface area contributed by atoms with Crippen molar-refractivity contribution in [3.05, 3.63) is 71.3 Å². The molecule has 1 N–H and O–H groups in total. The molecule has 0 amide bonds. The minimum atomic E-state index is 1.05. The highest BCUT2D eigenvalue weighted by molar-refractivity contribution is 6.09. The van der Waals surface area contributed by atoms with Gasteiger partial charge in [-0.1, -0.05) is 62.7 Å². The van der Waals surface area contributed by atoms with E-state index in [0.29, 0.717) is 0 Å². The second-order valence-electron chi connectivity index (χ2n) is 6.97. The molecule has 0 radical (unpaired) electrons. The zero-order valence-corrected chi connectivity index (χ0v) is 15.3. The first-order valence-electron chi connectivity index (χ1n) is 9.34. The SMILES string of the molecule is CCCc1cc(-c2ccc3[nH]c4c(CC)cccc4c3c2)ccc1C. The predicted octanol–water partition coefficient (Wildman–Crippen LogP) is 6.81. The van der Waals surface area contributed by atoms with Gasteiger partial charge in [-0.15, -0.1) is 0 Å². The van der Waals surface area contributed by atoms with E-state index in [0.717, 1.165) is 12.8 Å². The Morgan fingerprint density at radius 1 is 0.800 bits per heavy atom. The van der Waals surface area contributed by atoms with E-state index in [-0.39, 0.29) is 0 Å². The quantitative estimate of drug-likeness (QED) is 0.423. The Morgan fingerprint density at radius 3 is 2.40 bits per heavy atom. The topological polar surface area (TPSA) is 15.8 Å². The van der Waals surface area contributed by atoms with Crippen molar-refractivity contribution in [2.24, 2.45) is 0 Å². The van der Waals surface area contributed by atoms with Gasteiger partial charge in [0.1, 0.15) is 0 Å². The number of fused-ring (bicyclic) bond motifs is 3. The number of rotatable bonds is 4. The monoisotopic (exact) mass is 327 g/mol. The van der Waals surface area contributed by atoms with Crippen molar-refractivity contribution in [2.45, 2.75) is 40.0 Å². The molecule has 25 heavy (non-hydrogen) atoms. The fourth-order valence-electron chi connectivity index (χ4n) is 3.85. The van der Waals surface area contributed by atoms with Crippen LogP contribution in [0, 0.1) is 6.92 Å². The second kappa shape index (κ2) is 6.40. The number of aromatic nitrogens is 1. The van der Waals surface area contributed by atoms with E-state index in [9.17, 15) is 0 Å². The fraction of sp³-hybridized carbons (Fsp3) is 0.250. The summed E-state index contributed by atoms with van der Waals surface area (Å²) in [6, 6.07) is 20.3. The Hall–Kier alpha value is -2.54. The van der Waals surface area contributed by atoms with Crippen LogP contribution in [0.3, 0.4) is 0 Å². The predicted molar refractivity (Wildman–Crippen MR) is 109 cm³/mol. The molecule has 0 bridgehead atoms. The minimum Gasteiger partial charge on any atom is -0.354 e. The van der Waals surface area contributed by atoms with E-state index in [2.05, 4.69) is 80.4 Å². The lowest BCUT2D eigenvalue weighted by Gasteiger charge is -2.09. The van der Waals surface area contributed by atoms with Gasteiger partial charge in [-0.3, -0.25) is 0 Å². The third-order valence-electron chi connectivity index (χ3n) is 5.30. The highest BCUT2D eigenvalue weighted by Gasteiger charge is 2.09. The van der Waals surface area contributed by atoms with Gasteiger partial charge in [0.25, 0.3) is 0 Å². The van der Waals surface area contributed by atoms with Crippen molar-refractivity contribution in [1.29, 1.82) is 0 Å². The molecular weight excluding hydrogens is 302 g/mol. The van der Waals surface area contributed by atoms with Crippen molar-refractivity contribution in [3.63, 3.8) is 0 Å². The van der Waals surface area contributed by atoms with Crippen molar-refractivity contribution in [3.8, 4) is 11.1 Å². The summed E-state index contributed by atoms with van der Waals surface area (Å²) in [4.78, 5) is 3.62. The van der Waals surface area contributed by atoms with Crippen molar-refractivity contribution in [2.75, 3.05) is 0 Å². The highest BCUT2D eigenvalue weighted by Crippen LogP contribution is 2.32. The zero-order valence-electron chi connectivity index (χ0n) is 15.3. The average molecular weight is 327 g/mol. The Bertz CT molecular complexity index is 1050. The number of benzene rings is 3. The minimum absolute atomic E-state index is 1.05. The molecule has 3 aromatic carbocycles. The number of aromatic amines is 1. The van der Waals surface area contributed by atoms with Crippen molar-refractivity contribution in [1.82, 2.24) is 4.98 Å². The zero-order chi connectivity index (χ0) is 17.4. The molecule has 0 aliphatic heterocycles. The molecule has 4 aromatic rings. The molecule has 126 valence electrons. The first kappa shape index (κ1) is 16.0. The van der Waals surface area contributed by atoms with Gasteiger partial charge in [0.2, 0.25) is 0 Å². The summed E-state index contributed by atoms with van der Waals surface area (Å²) >= 11 is 0. The van der Waals surface area contributed by atoms with Crippen molar-refractivity contribution < 1.29 is 0 Å². The summed E-state index contributed by atoms with van der Waals surface area (Å²) in [6.45, 7) is 6.67. The van der Waals surface area contributed by atoms with Crippen LogP contribution in [-0.2, 0) is 12.8 Å². The van der Waals surface area contributed by atoms with E-state index in [1.54, 1.807) is 0 Å². The van der Waals surface area contributed by atoms with Crippen LogP contribution in [0.1, 0.15) is 37.0 Å². The van der Waals surface area contributed by atoms with E-state index in [1.165, 1.54) is 56.0 Å². The number of hydrogen-bond acceptors (Lipinski definition) is 0. The smallest absolute Gasteiger partial charge is 0.0497 e. The molecule has 0 aliphatic rings. The molecule has 0 saturated carbocycles.